The number of hydrogen-bond acceptors (Lipinski definition) is 3. The zero-order valence-corrected chi connectivity index (χ0v) is 13.6. The summed E-state index contributed by atoms with van der Waals surface area (Å²) < 4.78 is 1.15. The van der Waals surface area contributed by atoms with Crippen LogP contribution in [0.5, 0.6) is 0 Å². The van der Waals surface area contributed by atoms with E-state index in [2.05, 4.69) is 0 Å². The number of para-hydroxylation sites is 1. The second-order valence-corrected chi connectivity index (χ2v) is 5.89. The van der Waals surface area contributed by atoms with Gasteiger partial charge < -0.3 is 0 Å². The van der Waals surface area contributed by atoms with E-state index in [4.69, 9.17) is 34.8 Å². The maximum atomic E-state index is 12.6. The van der Waals surface area contributed by atoms with Crippen LogP contribution in [0.15, 0.2) is 47.3 Å². The van der Waals surface area contributed by atoms with E-state index in [1.165, 1.54) is 12.1 Å². The number of pyridine rings is 1. The van der Waals surface area contributed by atoms with Crippen LogP contribution in [-0.2, 0) is 0 Å². The predicted molar refractivity (Wildman–Crippen MR) is 91.2 cm³/mol. The van der Waals surface area contributed by atoms with Crippen molar-refractivity contribution in [2.24, 2.45) is 0 Å². The van der Waals surface area contributed by atoms with E-state index in [1.54, 1.807) is 30.3 Å². The van der Waals surface area contributed by atoms with Gasteiger partial charge in [0.05, 0.1) is 21.2 Å². The second-order valence-electron chi connectivity index (χ2n) is 4.67. The highest BCUT2D eigenvalue weighted by Gasteiger charge is 2.26. The molecule has 1 aromatic heterocycles. The lowest BCUT2D eigenvalue weighted by molar-refractivity contribution is -0.386. The smallest absolute Gasteiger partial charge is 0.269 e. The second kappa shape index (κ2) is 5.85. The molecule has 0 spiro atoms. The predicted octanol–water partition coefficient (Wildman–Crippen LogP) is 4.86. The molecule has 0 saturated carbocycles. The van der Waals surface area contributed by atoms with Crippen LogP contribution in [0.3, 0.4) is 0 Å². The Hall–Kier alpha value is -2.08. The van der Waals surface area contributed by atoms with E-state index in [0.29, 0.717) is 21.6 Å². The number of nitrogens with zero attached hydrogens (tertiary/aromatic N) is 2. The van der Waals surface area contributed by atoms with E-state index in [0.717, 1.165) is 4.57 Å². The van der Waals surface area contributed by atoms with Gasteiger partial charge in [0.15, 0.2) is 0 Å². The molecule has 0 N–H and O–H groups in total. The van der Waals surface area contributed by atoms with E-state index in [-0.39, 0.29) is 10.0 Å². The number of benzene rings is 2. The number of aromatic nitrogens is 1. The third-order valence-corrected chi connectivity index (χ3v) is 4.26. The van der Waals surface area contributed by atoms with Gasteiger partial charge in [-0.25, -0.2) is 0 Å². The summed E-state index contributed by atoms with van der Waals surface area (Å²) >= 11 is 18.2. The molecule has 0 fully saturated rings. The van der Waals surface area contributed by atoms with Gasteiger partial charge in [0.1, 0.15) is 5.02 Å². The molecule has 2 aromatic carbocycles. The minimum Gasteiger partial charge on any atom is -0.269 e. The molecule has 3 rings (SSSR count). The molecule has 8 heteroatoms. The van der Waals surface area contributed by atoms with Crippen molar-refractivity contribution in [3.63, 3.8) is 0 Å². The standard InChI is InChI=1S/C15H7Cl3N2O3/c16-8-5-6-9-12(7-8)19(11-4-2-1-3-10(11)17)15(21)14(13(9)18)20(22)23/h1-7H. The molecule has 0 amide bonds. The molecule has 3 aromatic rings. The molecule has 0 bridgehead atoms. The maximum Gasteiger partial charge on any atom is 0.353 e. The zero-order valence-electron chi connectivity index (χ0n) is 11.3. The fourth-order valence-electron chi connectivity index (χ4n) is 2.34. The van der Waals surface area contributed by atoms with Gasteiger partial charge in [-0.1, -0.05) is 46.9 Å². The van der Waals surface area contributed by atoms with Gasteiger partial charge in [-0.2, -0.15) is 0 Å². The summed E-state index contributed by atoms with van der Waals surface area (Å²) in [7, 11) is 0. The van der Waals surface area contributed by atoms with Crippen LogP contribution >= 0.6 is 34.8 Å². The summed E-state index contributed by atoms with van der Waals surface area (Å²) in [4.78, 5) is 23.1. The van der Waals surface area contributed by atoms with Gasteiger partial charge in [0, 0.05) is 10.4 Å². The highest BCUT2D eigenvalue weighted by Crippen LogP contribution is 2.33. The Morgan fingerprint density at radius 3 is 2.39 bits per heavy atom. The molecule has 0 radical (unpaired) electrons. The number of rotatable bonds is 2. The van der Waals surface area contributed by atoms with Crippen LogP contribution in [0.25, 0.3) is 16.6 Å². The quantitative estimate of drug-likeness (QED) is 0.478. The van der Waals surface area contributed by atoms with Crippen molar-refractivity contribution in [2.75, 3.05) is 0 Å². The summed E-state index contributed by atoms with van der Waals surface area (Å²) in [6, 6.07) is 11.1. The summed E-state index contributed by atoms with van der Waals surface area (Å²) in [5.74, 6) is 0. The highest BCUT2D eigenvalue weighted by molar-refractivity contribution is 6.38. The van der Waals surface area contributed by atoms with Crippen molar-refractivity contribution in [2.45, 2.75) is 0 Å². The molecule has 0 aliphatic rings. The zero-order chi connectivity index (χ0) is 16.7. The third-order valence-electron chi connectivity index (χ3n) is 3.33. The monoisotopic (exact) mass is 368 g/mol. The average Bonchev–Trinajstić information content (AvgIpc) is 2.48. The van der Waals surface area contributed by atoms with Crippen molar-refractivity contribution in [1.82, 2.24) is 4.57 Å². The maximum absolute atomic E-state index is 12.6. The van der Waals surface area contributed by atoms with Gasteiger partial charge >= 0.3 is 11.2 Å². The Labute approximate surface area is 144 Å². The van der Waals surface area contributed by atoms with Crippen LogP contribution in [-0.4, -0.2) is 9.49 Å². The minimum atomic E-state index is -0.872. The summed E-state index contributed by atoms with van der Waals surface area (Å²) in [5, 5.41) is 12.0. The number of nitro groups is 1. The number of halogens is 3. The molecule has 0 saturated heterocycles. The lowest BCUT2D eigenvalue weighted by Crippen LogP contribution is -2.22. The van der Waals surface area contributed by atoms with E-state index >= 15 is 0 Å². The lowest BCUT2D eigenvalue weighted by Gasteiger charge is -2.13. The number of hydrogen-bond donors (Lipinski definition) is 0. The van der Waals surface area contributed by atoms with Crippen LogP contribution in [0.1, 0.15) is 0 Å². The summed E-state index contributed by atoms with van der Waals surface area (Å²) in [6.45, 7) is 0. The summed E-state index contributed by atoms with van der Waals surface area (Å²) in [5.41, 5.74) is -0.929. The van der Waals surface area contributed by atoms with Gasteiger partial charge in [0.25, 0.3) is 0 Å². The molecule has 116 valence electrons. The fourth-order valence-corrected chi connectivity index (χ4v) is 3.04. The Bertz CT molecular complexity index is 1010. The minimum absolute atomic E-state index is 0.227. The molecule has 0 atom stereocenters. The Morgan fingerprint density at radius 2 is 1.74 bits per heavy atom. The molecule has 1 heterocycles. The summed E-state index contributed by atoms with van der Waals surface area (Å²) in [6.07, 6.45) is 0. The Balaban J connectivity index is 2.59. The van der Waals surface area contributed by atoms with Gasteiger partial charge in [0.2, 0.25) is 0 Å². The molecular weight excluding hydrogens is 363 g/mol. The molecule has 0 aliphatic heterocycles. The highest BCUT2D eigenvalue weighted by atomic mass is 35.5. The first-order chi connectivity index (χ1) is 10.9. The molecule has 0 aliphatic carbocycles. The third kappa shape index (κ3) is 2.57. The Kier molecular flexibility index (Phi) is 4.02. The fraction of sp³-hybridized carbons (Fsp3) is 0. The lowest BCUT2D eigenvalue weighted by atomic mass is 10.1. The van der Waals surface area contributed by atoms with Gasteiger partial charge in [-0.3, -0.25) is 19.5 Å². The van der Waals surface area contributed by atoms with E-state index in [1.807, 2.05) is 0 Å². The largest absolute Gasteiger partial charge is 0.353 e. The van der Waals surface area contributed by atoms with Gasteiger partial charge in [-0.15, -0.1) is 0 Å². The van der Waals surface area contributed by atoms with E-state index < -0.39 is 16.2 Å². The normalized spacial score (nSPS) is 10.9. The molecule has 23 heavy (non-hydrogen) atoms. The SMILES string of the molecule is O=c1c([N+](=O)[O-])c(Cl)c2ccc(Cl)cc2n1-c1ccccc1Cl. The molecular formula is C15H7Cl3N2O3. The first kappa shape index (κ1) is 15.8. The van der Waals surface area contributed by atoms with E-state index in [9.17, 15) is 14.9 Å². The van der Waals surface area contributed by atoms with Crippen molar-refractivity contribution < 1.29 is 4.92 Å². The van der Waals surface area contributed by atoms with Crippen molar-refractivity contribution in [3.05, 3.63) is 78.0 Å². The average molecular weight is 370 g/mol. The van der Waals surface area contributed by atoms with Crippen LogP contribution in [0.4, 0.5) is 5.69 Å². The van der Waals surface area contributed by atoms with Crippen molar-refractivity contribution in [1.29, 1.82) is 0 Å². The van der Waals surface area contributed by atoms with Crippen molar-refractivity contribution in [3.8, 4) is 5.69 Å². The first-order valence-electron chi connectivity index (χ1n) is 6.35. The van der Waals surface area contributed by atoms with Crippen LogP contribution < -0.4 is 5.56 Å². The molecule has 0 unspecified atom stereocenters. The molecule has 5 nitrogen and oxygen atoms in total. The van der Waals surface area contributed by atoms with Crippen molar-refractivity contribution >= 4 is 51.4 Å². The first-order valence-corrected chi connectivity index (χ1v) is 7.48. The Morgan fingerprint density at radius 1 is 1.04 bits per heavy atom. The van der Waals surface area contributed by atoms with Crippen LogP contribution in [0.2, 0.25) is 15.1 Å². The van der Waals surface area contributed by atoms with Crippen LogP contribution in [0, 0.1) is 10.1 Å². The van der Waals surface area contributed by atoms with Gasteiger partial charge in [-0.05, 0) is 30.3 Å². The number of fused-ring (bicyclic) bond motifs is 1. The topological polar surface area (TPSA) is 65.1 Å².